The second-order valence-electron chi connectivity index (χ2n) is 3.88. The average molecular weight is 157 g/mol. The van der Waals surface area contributed by atoms with Crippen LogP contribution in [0.5, 0.6) is 0 Å². The molecule has 2 heteroatoms. The van der Waals surface area contributed by atoms with Crippen LogP contribution in [0.25, 0.3) is 0 Å². The molecule has 66 valence electrons. The normalized spacial score (nSPS) is 12.6. The van der Waals surface area contributed by atoms with Gasteiger partial charge in [0.15, 0.2) is 0 Å². The molecule has 0 N–H and O–H groups in total. The van der Waals surface area contributed by atoms with Gasteiger partial charge in [0.1, 0.15) is 0 Å². The number of carboxylic acids is 1. The van der Waals surface area contributed by atoms with Crippen LogP contribution in [0.3, 0.4) is 0 Å². The lowest BCUT2D eigenvalue weighted by atomic mass is 9.71. The van der Waals surface area contributed by atoms with Crippen LogP contribution >= 0.6 is 0 Å². The molecular formula is C9H17O2-. The van der Waals surface area contributed by atoms with E-state index in [1.807, 2.05) is 27.7 Å². The largest absolute Gasteiger partial charge is 0.550 e. The van der Waals surface area contributed by atoms with Gasteiger partial charge < -0.3 is 9.90 Å². The van der Waals surface area contributed by atoms with E-state index in [1.54, 1.807) is 6.92 Å². The summed E-state index contributed by atoms with van der Waals surface area (Å²) in [6, 6.07) is 0. The molecule has 0 radical (unpaired) electrons. The van der Waals surface area contributed by atoms with Crippen LogP contribution in [0.1, 0.15) is 34.6 Å². The van der Waals surface area contributed by atoms with Crippen molar-refractivity contribution < 1.29 is 9.90 Å². The minimum atomic E-state index is -0.942. The van der Waals surface area contributed by atoms with Crippen LogP contribution in [-0.4, -0.2) is 5.97 Å². The van der Waals surface area contributed by atoms with E-state index in [9.17, 15) is 9.90 Å². The molecular weight excluding hydrogens is 140 g/mol. The smallest absolute Gasteiger partial charge is 0.0478 e. The SMILES string of the molecule is CC(C)C(C)(C(=O)[O-])C(C)C. The topological polar surface area (TPSA) is 40.1 Å². The van der Waals surface area contributed by atoms with Crippen molar-refractivity contribution in [2.75, 3.05) is 0 Å². The Morgan fingerprint density at radius 2 is 1.45 bits per heavy atom. The van der Waals surface area contributed by atoms with E-state index >= 15 is 0 Å². The average Bonchev–Trinajstić information content (AvgIpc) is 1.84. The van der Waals surface area contributed by atoms with Crippen molar-refractivity contribution >= 4 is 5.97 Å². The van der Waals surface area contributed by atoms with Crippen LogP contribution in [0.15, 0.2) is 0 Å². The second-order valence-corrected chi connectivity index (χ2v) is 3.88. The molecule has 0 aliphatic rings. The number of carbonyl (C=O) groups excluding carboxylic acids is 1. The van der Waals surface area contributed by atoms with Gasteiger partial charge in [-0.05, 0) is 11.8 Å². The summed E-state index contributed by atoms with van der Waals surface area (Å²) in [6.07, 6.45) is 0. The minimum absolute atomic E-state index is 0.118. The summed E-state index contributed by atoms with van der Waals surface area (Å²) in [5.41, 5.74) is -0.694. The Balaban J connectivity index is 4.67. The van der Waals surface area contributed by atoms with E-state index in [4.69, 9.17) is 0 Å². The van der Waals surface area contributed by atoms with Gasteiger partial charge in [0.05, 0.1) is 0 Å². The fraction of sp³-hybridized carbons (Fsp3) is 0.889. The monoisotopic (exact) mass is 157 g/mol. The molecule has 0 fully saturated rings. The lowest BCUT2D eigenvalue weighted by Crippen LogP contribution is -2.47. The quantitative estimate of drug-likeness (QED) is 0.614. The van der Waals surface area contributed by atoms with Crippen molar-refractivity contribution in [3.63, 3.8) is 0 Å². The highest BCUT2D eigenvalue weighted by atomic mass is 16.4. The van der Waals surface area contributed by atoms with Crippen molar-refractivity contribution in [2.45, 2.75) is 34.6 Å². The molecule has 0 aromatic rings. The van der Waals surface area contributed by atoms with Crippen molar-refractivity contribution in [1.82, 2.24) is 0 Å². The minimum Gasteiger partial charge on any atom is -0.550 e. The summed E-state index contributed by atoms with van der Waals surface area (Å²) in [4.78, 5) is 10.8. The maximum atomic E-state index is 10.8. The van der Waals surface area contributed by atoms with Gasteiger partial charge in [0, 0.05) is 11.4 Å². The lowest BCUT2D eigenvalue weighted by Gasteiger charge is -2.38. The summed E-state index contributed by atoms with van der Waals surface area (Å²) >= 11 is 0. The van der Waals surface area contributed by atoms with Crippen molar-refractivity contribution in [3.8, 4) is 0 Å². The molecule has 0 amide bonds. The van der Waals surface area contributed by atoms with E-state index < -0.39 is 11.4 Å². The van der Waals surface area contributed by atoms with E-state index in [-0.39, 0.29) is 11.8 Å². The molecule has 0 aromatic heterocycles. The first-order valence-electron chi connectivity index (χ1n) is 4.04. The van der Waals surface area contributed by atoms with Gasteiger partial charge in [-0.3, -0.25) is 0 Å². The Kier molecular flexibility index (Phi) is 3.09. The molecule has 2 nitrogen and oxygen atoms in total. The first-order chi connectivity index (χ1) is 4.83. The molecule has 0 saturated heterocycles. The summed E-state index contributed by atoms with van der Waals surface area (Å²) < 4.78 is 0. The van der Waals surface area contributed by atoms with Gasteiger partial charge in [-0.15, -0.1) is 0 Å². The maximum absolute atomic E-state index is 10.8. The summed E-state index contributed by atoms with van der Waals surface area (Å²) in [6.45, 7) is 9.40. The van der Waals surface area contributed by atoms with Crippen molar-refractivity contribution in [3.05, 3.63) is 0 Å². The summed E-state index contributed by atoms with van der Waals surface area (Å²) in [7, 11) is 0. The molecule has 0 atom stereocenters. The Hall–Kier alpha value is -0.530. The number of hydrogen-bond acceptors (Lipinski definition) is 2. The maximum Gasteiger partial charge on any atom is 0.0478 e. The molecule has 0 saturated carbocycles. The van der Waals surface area contributed by atoms with Gasteiger partial charge >= 0.3 is 0 Å². The molecule has 0 aliphatic carbocycles. The van der Waals surface area contributed by atoms with Gasteiger partial charge in [0.2, 0.25) is 0 Å². The fourth-order valence-corrected chi connectivity index (χ4v) is 1.14. The van der Waals surface area contributed by atoms with Gasteiger partial charge in [-0.25, -0.2) is 0 Å². The van der Waals surface area contributed by atoms with Gasteiger partial charge in [-0.1, -0.05) is 34.6 Å². The van der Waals surface area contributed by atoms with Crippen LogP contribution in [0, 0.1) is 17.3 Å². The highest BCUT2D eigenvalue weighted by Gasteiger charge is 2.33. The Morgan fingerprint density at radius 1 is 1.18 bits per heavy atom. The highest BCUT2D eigenvalue weighted by molar-refractivity contribution is 5.72. The Labute approximate surface area is 68.6 Å². The Morgan fingerprint density at radius 3 is 1.45 bits per heavy atom. The molecule has 0 bridgehead atoms. The molecule has 0 spiro atoms. The summed E-state index contributed by atoms with van der Waals surface area (Å²) in [5.74, 6) is -0.706. The third kappa shape index (κ3) is 1.73. The molecule has 0 heterocycles. The van der Waals surface area contributed by atoms with E-state index in [0.29, 0.717) is 0 Å². The van der Waals surface area contributed by atoms with Crippen molar-refractivity contribution in [2.24, 2.45) is 17.3 Å². The van der Waals surface area contributed by atoms with E-state index in [0.717, 1.165) is 0 Å². The lowest BCUT2D eigenvalue weighted by molar-refractivity contribution is -0.323. The number of carboxylic acid groups (broad SMARTS) is 1. The van der Waals surface area contributed by atoms with Crippen LogP contribution in [-0.2, 0) is 4.79 Å². The zero-order valence-corrected chi connectivity index (χ0v) is 7.97. The van der Waals surface area contributed by atoms with Gasteiger partial charge in [-0.2, -0.15) is 0 Å². The molecule has 11 heavy (non-hydrogen) atoms. The van der Waals surface area contributed by atoms with Gasteiger partial charge in [0.25, 0.3) is 0 Å². The molecule has 0 aromatic carbocycles. The van der Waals surface area contributed by atoms with Crippen LogP contribution in [0.2, 0.25) is 0 Å². The number of carbonyl (C=O) groups is 1. The highest BCUT2D eigenvalue weighted by Crippen LogP contribution is 2.34. The van der Waals surface area contributed by atoms with Crippen LogP contribution < -0.4 is 5.11 Å². The molecule has 0 unspecified atom stereocenters. The number of aliphatic carboxylic acids is 1. The molecule has 0 rings (SSSR count). The first-order valence-corrected chi connectivity index (χ1v) is 4.04. The zero-order chi connectivity index (χ0) is 9.23. The first kappa shape index (κ1) is 10.5. The predicted molar refractivity (Wildman–Crippen MR) is 42.8 cm³/mol. The number of hydrogen-bond donors (Lipinski definition) is 0. The van der Waals surface area contributed by atoms with E-state index in [1.165, 1.54) is 0 Å². The van der Waals surface area contributed by atoms with Crippen molar-refractivity contribution in [1.29, 1.82) is 0 Å². The van der Waals surface area contributed by atoms with E-state index in [2.05, 4.69) is 0 Å². The Bertz CT molecular complexity index is 140. The summed E-state index contributed by atoms with van der Waals surface area (Å²) in [5, 5.41) is 10.8. The predicted octanol–water partition coefficient (Wildman–Crippen LogP) is 1.05. The second kappa shape index (κ2) is 3.24. The third-order valence-corrected chi connectivity index (χ3v) is 2.84. The standard InChI is InChI=1S/C9H18O2/c1-6(2)9(5,7(3)4)8(10)11/h6-7H,1-5H3,(H,10,11)/p-1. The third-order valence-electron chi connectivity index (χ3n) is 2.84. The number of rotatable bonds is 3. The fourth-order valence-electron chi connectivity index (χ4n) is 1.14. The zero-order valence-electron chi connectivity index (χ0n) is 7.97. The van der Waals surface area contributed by atoms with Crippen LogP contribution in [0.4, 0.5) is 0 Å². The molecule has 0 aliphatic heterocycles.